The van der Waals surface area contributed by atoms with Gasteiger partial charge in [-0.3, -0.25) is 9.69 Å². The monoisotopic (exact) mass is 562 g/mol. The van der Waals surface area contributed by atoms with Crippen LogP contribution in [0.4, 0.5) is 5.69 Å². The van der Waals surface area contributed by atoms with E-state index in [2.05, 4.69) is 31.9 Å². The smallest absolute Gasteiger partial charge is 0.355 e. The highest BCUT2D eigenvalue weighted by molar-refractivity contribution is 9.10. The number of phenolic OH excluding ortho intramolecular Hbond substituents is 1. The highest BCUT2D eigenvalue weighted by Crippen LogP contribution is 2.46. The summed E-state index contributed by atoms with van der Waals surface area (Å²) in [5.74, 6) is -5.65. The first-order valence-corrected chi connectivity index (χ1v) is 10.7. The van der Waals surface area contributed by atoms with Crippen molar-refractivity contribution in [2.75, 3.05) is 19.1 Å². The van der Waals surface area contributed by atoms with Crippen LogP contribution in [0.5, 0.6) is 5.75 Å². The number of halogens is 2. The van der Waals surface area contributed by atoms with E-state index in [1.807, 2.05) is 6.07 Å². The van der Waals surface area contributed by atoms with Crippen molar-refractivity contribution in [1.29, 1.82) is 5.26 Å². The Hall–Kier alpha value is -3.16. The Labute approximate surface area is 200 Å². The van der Waals surface area contributed by atoms with Crippen LogP contribution < -0.4 is 4.90 Å². The van der Waals surface area contributed by atoms with Crippen molar-refractivity contribution >= 4 is 55.4 Å². The van der Waals surface area contributed by atoms with Gasteiger partial charge < -0.3 is 14.6 Å². The number of carbonyl (C=O) groups is 3. The number of amides is 1. The summed E-state index contributed by atoms with van der Waals surface area (Å²) in [7, 11) is 2.22. The van der Waals surface area contributed by atoms with Crippen LogP contribution in [0.2, 0.25) is 0 Å². The van der Waals surface area contributed by atoms with E-state index in [0.29, 0.717) is 4.47 Å². The van der Waals surface area contributed by atoms with Crippen molar-refractivity contribution in [3.8, 4) is 11.8 Å². The number of rotatable bonds is 4. The van der Waals surface area contributed by atoms with E-state index >= 15 is 0 Å². The molecular weight excluding hydrogens is 548 g/mol. The fourth-order valence-electron chi connectivity index (χ4n) is 3.54. The molecule has 2 aromatic carbocycles. The number of hydrogen-bond acceptors (Lipinski definition) is 7. The van der Waals surface area contributed by atoms with Gasteiger partial charge in [-0.1, -0.05) is 31.9 Å². The number of benzene rings is 2. The summed E-state index contributed by atoms with van der Waals surface area (Å²) in [4.78, 5) is 40.3. The molecule has 0 radical (unpaired) electrons. The number of methoxy groups -OCH3 is 2. The van der Waals surface area contributed by atoms with Gasteiger partial charge in [0.15, 0.2) is 0 Å². The maximum Gasteiger partial charge on any atom is 0.355 e. The van der Waals surface area contributed by atoms with Gasteiger partial charge in [-0.2, -0.15) is 5.26 Å². The van der Waals surface area contributed by atoms with E-state index in [0.717, 1.165) is 23.6 Å². The fraction of sp³-hybridized carbons (Fsp3) is 0.182. The lowest BCUT2D eigenvalue weighted by Crippen LogP contribution is -2.47. The predicted molar refractivity (Wildman–Crippen MR) is 120 cm³/mol. The summed E-state index contributed by atoms with van der Waals surface area (Å²) in [5, 5.41) is 20.4. The van der Waals surface area contributed by atoms with Crippen molar-refractivity contribution in [3.05, 3.63) is 68.2 Å². The molecule has 164 valence electrons. The van der Waals surface area contributed by atoms with Crippen molar-refractivity contribution < 1.29 is 29.0 Å². The molecule has 1 heterocycles. The van der Waals surface area contributed by atoms with E-state index in [4.69, 9.17) is 9.47 Å². The summed E-state index contributed by atoms with van der Waals surface area (Å²) >= 11 is 6.59. The van der Waals surface area contributed by atoms with E-state index in [9.17, 15) is 24.8 Å². The zero-order valence-electron chi connectivity index (χ0n) is 16.8. The molecule has 0 aromatic heterocycles. The van der Waals surface area contributed by atoms with Crippen LogP contribution in [0, 0.1) is 17.2 Å². The second-order valence-electron chi connectivity index (χ2n) is 6.68. The third-order valence-electron chi connectivity index (χ3n) is 4.94. The molecule has 0 saturated carbocycles. The van der Waals surface area contributed by atoms with Crippen molar-refractivity contribution in [2.24, 2.45) is 5.92 Å². The van der Waals surface area contributed by atoms with Gasteiger partial charge in [-0.05, 0) is 42.5 Å². The predicted octanol–water partition coefficient (Wildman–Crippen LogP) is 3.79. The van der Waals surface area contributed by atoms with Gasteiger partial charge in [0.1, 0.15) is 17.4 Å². The lowest BCUT2D eigenvalue weighted by molar-refractivity contribution is -0.141. The third kappa shape index (κ3) is 4.13. The molecule has 0 aliphatic carbocycles. The Morgan fingerprint density at radius 2 is 1.62 bits per heavy atom. The Morgan fingerprint density at radius 3 is 2.19 bits per heavy atom. The standard InChI is InChI=1S/C22H16Br2N2O6/c1-31-21(29)18-17(14-9-12(24)5-8-16(14)27)15(10-25)20(28)26(19(18)22(30)32-2)13-6-3-11(23)4-7-13/h3-9,15,17,27H,1-2H3/t15-,17+/m0/s1. The number of ether oxygens (including phenoxy) is 2. The SMILES string of the molecule is COC(=O)C1=C(C(=O)OC)N(c2ccc(Br)cc2)C(=O)[C@@H](C#N)[C@H]1c1cc(Br)ccc1O. The normalized spacial score (nSPS) is 18.2. The van der Waals surface area contributed by atoms with E-state index in [1.54, 1.807) is 30.3 Å². The molecule has 0 bridgehead atoms. The minimum atomic E-state index is -1.44. The Morgan fingerprint density at radius 1 is 1.03 bits per heavy atom. The first-order chi connectivity index (χ1) is 15.2. The maximum absolute atomic E-state index is 13.5. The van der Waals surface area contributed by atoms with E-state index in [1.165, 1.54) is 12.1 Å². The third-order valence-corrected chi connectivity index (χ3v) is 5.96. The van der Waals surface area contributed by atoms with Crippen molar-refractivity contribution in [2.45, 2.75) is 5.92 Å². The lowest BCUT2D eigenvalue weighted by atomic mass is 9.76. The molecule has 2 aromatic rings. The van der Waals surface area contributed by atoms with Gasteiger partial charge in [0.2, 0.25) is 5.91 Å². The Bertz CT molecular complexity index is 1170. The topological polar surface area (TPSA) is 117 Å². The number of esters is 2. The summed E-state index contributed by atoms with van der Waals surface area (Å²) in [6.45, 7) is 0. The van der Waals surface area contributed by atoms with Crippen LogP contribution in [0.3, 0.4) is 0 Å². The molecule has 1 aliphatic rings. The number of aromatic hydroxyl groups is 1. The minimum absolute atomic E-state index is 0.108. The molecule has 0 unspecified atom stereocenters. The van der Waals surface area contributed by atoms with Gasteiger partial charge >= 0.3 is 11.9 Å². The molecular formula is C22H16Br2N2O6. The summed E-state index contributed by atoms with van der Waals surface area (Å²) < 4.78 is 11.1. The fourth-order valence-corrected chi connectivity index (χ4v) is 4.19. The Balaban J connectivity index is 2.43. The van der Waals surface area contributed by atoms with E-state index < -0.39 is 29.7 Å². The zero-order valence-corrected chi connectivity index (χ0v) is 20.0. The van der Waals surface area contributed by atoms with Crippen LogP contribution in [-0.2, 0) is 23.9 Å². The van der Waals surface area contributed by atoms with Crippen molar-refractivity contribution in [3.63, 3.8) is 0 Å². The molecule has 3 rings (SSSR count). The van der Waals surface area contributed by atoms with Gasteiger partial charge in [-0.15, -0.1) is 0 Å². The lowest BCUT2D eigenvalue weighted by Gasteiger charge is -2.37. The van der Waals surface area contributed by atoms with Crippen LogP contribution in [0.1, 0.15) is 11.5 Å². The molecule has 10 heteroatoms. The highest BCUT2D eigenvalue weighted by Gasteiger charge is 2.49. The number of nitrogens with zero attached hydrogens (tertiary/aromatic N) is 2. The average Bonchev–Trinajstić information content (AvgIpc) is 2.79. The van der Waals surface area contributed by atoms with Gasteiger partial charge in [0, 0.05) is 26.1 Å². The number of anilines is 1. The second-order valence-corrected chi connectivity index (χ2v) is 8.51. The summed E-state index contributed by atoms with van der Waals surface area (Å²) in [6.07, 6.45) is 0. The molecule has 0 fully saturated rings. The number of nitriles is 1. The quantitative estimate of drug-likeness (QED) is 0.562. The van der Waals surface area contributed by atoms with E-state index in [-0.39, 0.29) is 28.3 Å². The number of carbonyl (C=O) groups excluding carboxylic acids is 3. The molecule has 1 N–H and O–H groups in total. The molecule has 1 aliphatic heterocycles. The average molecular weight is 564 g/mol. The van der Waals surface area contributed by atoms with Crippen molar-refractivity contribution in [1.82, 2.24) is 0 Å². The number of hydrogen-bond donors (Lipinski definition) is 1. The van der Waals surface area contributed by atoms with Crippen LogP contribution in [0.25, 0.3) is 0 Å². The molecule has 1 amide bonds. The van der Waals surface area contributed by atoms with Crippen LogP contribution in [-0.4, -0.2) is 37.2 Å². The molecule has 2 atom stereocenters. The van der Waals surface area contributed by atoms with Crippen LogP contribution >= 0.6 is 31.9 Å². The summed E-state index contributed by atoms with van der Waals surface area (Å²) in [5.41, 5.74) is -0.307. The first kappa shape index (κ1) is 23.5. The molecule has 8 nitrogen and oxygen atoms in total. The number of phenols is 1. The first-order valence-electron chi connectivity index (χ1n) is 9.13. The molecule has 32 heavy (non-hydrogen) atoms. The minimum Gasteiger partial charge on any atom is -0.508 e. The molecule has 0 spiro atoms. The zero-order chi connectivity index (χ0) is 23.6. The molecule has 0 saturated heterocycles. The largest absolute Gasteiger partial charge is 0.508 e. The van der Waals surface area contributed by atoms with Gasteiger partial charge in [-0.25, -0.2) is 9.59 Å². The highest BCUT2D eigenvalue weighted by atomic mass is 79.9. The second kappa shape index (κ2) is 9.54. The van der Waals surface area contributed by atoms with Crippen LogP contribution in [0.15, 0.2) is 62.7 Å². The summed E-state index contributed by atoms with van der Waals surface area (Å²) in [6, 6.07) is 12.7. The maximum atomic E-state index is 13.5. The van der Waals surface area contributed by atoms with Gasteiger partial charge in [0.25, 0.3) is 0 Å². The van der Waals surface area contributed by atoms with Gasteiger partial charge in [0.05, 0.1) is 25.9 Å². The Kier molecular flexibility index (Phi) is 7.01.